The predicted molar refractivity (Wildman–Crippen MR) is 94.4 cm³/mol. The maximum atomic E-state index is 12.6. The van der Waals surface area contributed by atoms with Gasteiger partial charge >= 0.3 is 0 Å². The summed E-state index contributed by atoms with van der Waals surface area (Å²) in [5.41, 5.74) is 3.21. The first-order chi connectivity index (χ1) is 12.1. The summed E-state index contributed by atoms with van der Waals surface area (Å²) in [4.78, 5) is 23.6. The number of amides is 2. The lowest BCUT2D eigenvalue weighted by Crippen LogP contribution is -2.13. The summed E-state index contributed by atoms with van der Waals surface area (Å²) in [6.07, 6.45) is 1.68. The van der Waals surface area contributed by atoms with E-state index < -0.39 is 0 Å². The van der Waals surface area contributed by atoms with Gasteiger partial charge in [-0.1, -0.05) is 0 Å². The van der Waals surface area contributed by atoms with Crippen molar-refractivity contribution in [2.24, 2.45) is 0 Å². The van der Waals surface area contributed by atoms with Crippen LogP contribution < -0.4 is 10.6 Å². The SMILES string of the molecule is CC(=O)Nc1ccc(NC(=O)c2[nH]nc3c2ccc2[nH]ncc23)cc1. The molecule has 4 aromatic rings. The monoisotopic (exact) mass is 334 g/mol. The minimum absolute atomic E-state index is 0.147. The Labute approximate surface area is 141 Å². The van der Waals surface area contributed by atoms with Crippen molar-refractivity contribution in [2.45, 2.75) is 6.92 Å². The van der Waals surface area contributed by atoms with Gasteiger partial charge in [0.15, 0.2) is 0 Å². The van der Waals surface area contributed by atoms with Crippen LogP contribution in [0.15, 0.2) is 42.6 Å². The molecule has 0 saturated carbocycles. The highest BCUT2D eigenvalue weighted by atomic mass is 16.2. The first kappa shape index (κ1) is 14.9. The van der Waals surface area contributed by atoms with E-state index in [1.807, 2.05) is 12.1 Å². The van der Waals surface area contributed by atoms with Crippen molar-refractivity contribution in [1.29, 1.82) is 0 Å². The van der Waals surface area contributed by atoms with E-state index in [9.17, 15) is 9.59 Å². The lowest BCUT2D eigenvalue weighted by molar-refractivity contribution is -0.114. The highest BCUT2D eigenvalue weighted by molar-refractivity contribution is 6.15. The minimum atomic E-state index is -0.294. The van der Waals surface area contributed by atoms with Crippen molar-refractivity contribution in [2.75, 3.05) is 10.6 Å². The number of fused-ring (bicyclic) bond motifs is 3. The summed E-state index contributed by atoms with van der Waals surface area (Å²) < 4.78 is 0. The number of carbonyl (C=O) groups excluding carboxylic acids is 2. The van der Waals surface area contributed by atoms with Crippen LogP contribution in [0.4, 0.5) is 11.4 Å². The van der Waals surface area contributed by atoms with E-state index in [2.05, 4.69) is 31.0 Å². The Morgan fingerprint density at radius 3 is 2.36 bits per heavy atom. The zero-order valence-electron chi connectivity index (χ0n) is 13.3. The molecule has 0 fully saturated rings. The zero-order valence-corrected chi connectivity index (χ0v) is 13.3. The van der Waals surface area contributed by atoms with Gasteiger partial charge in [-0.3, -0.25) is 19.8 Å². The normalized spacial score (nSPS) is 10.9. The van der Waals surface area contributed by atoms with Crippen LogP contribution in [0, 0.1) is 0 Å². The molecule has 0 aliphatic rings. The first-order valence-electron chi connectivity index (χ1n) is 7.61. The fourth-order valence-corrected chi connectivity index (χ4v) is 2.70. The Bertz CT molecular complexity index is 1090. The Hall–Kier alpha value is -3.68. The molecule has 0 aliphatic heterocycles. The Morgan fingerprint density at radius 1 is 0.920 bits per heavy atom. The third-order valence-electron chi connectivity index (χ3n) is 3.83. The van der Waals surface area contributed by atoms with Crippen molar-refractivity contribution in [3.8, 4) is 0 Å². The van der Waals surface area contributed by atoms with Crippen LogP contribution in [0.1, 0.15) is 17.4 Å². The number of hydrogen-bond acceptors (Lipinski definition) is 4. The smallest absolute Gasteiger partial charge is 0.274 e. The standard InChI is InChI=1S/C17H14N6O2/c1-9(24)19-10-2-4-11(5-3-10)20-17(25)16-12-6-7-14-13(8-18-21-14)15(12)22-23-16/h2-8H,1H3,(H,18,21)(H,19,24)(H,20,25)(H,22,23). The molecule has 2 amide bonds. The molecule has 0 radical (unpaired) electrons. The molecule has 2 heterocycles. The number of aromatic nitrogens is 4. The predicted octanol–water partition coefficient (Wildman–Crippen LogP) is 2.65. The third kappa shape index (κ3) is 2.69. The lowest BCUT2D eigenvalue weighted by Gasteiger charge is -2.06. The molecule has 0 spiro atoms. The number of aromatic amines is 2. The van der Waals surface area contributed by atoms with E-state index in [1.165, 1.54) is 6.92 Å². The summed E-state index contributed by atoms with van der Waals surface area (Å²) >= 11 is 0. The summed E-state index contributed by atoms with van der Waals surface area (Å²) in [7, 11) is 0. The quantitative estimate of drug-likeness (QED) is 0.461. The molecule has 8 heteroatoms. The number of nitrogens with one attached hydrogen (secondary N) is 4. The van der Waals surface area contributed by atoms with E-state index >= 15 is 0 Å². The molecule has 25 heavy (non-hydrogen) atoms. The fourth-order valence-electron chi connectivity index (χ4n) is 2.70. The van der Waals surface area contributed by atoms with Gasteiger partial charge in [0, 0.05) is 29.1 Å². The molecule has 0 saturated heterocycles. The Morgan fingerprint density at radius 2 is 1.64 bits per heavy atom. The summed E-state index contributed by atoms with van der Waals surface area (Å²) in [5, 5.41) is 21.0. The lowest BCUT2D eigenvalue weighted by atomic mass is 10.1. The van der Waals surface area contributed by atoms with Crippen molar-refractivity contribution in [1.82, 2.24) is 20.4 Å². The Kier molecular flexibility index (Phi) is 3.42. The van der Waals surface area contributed by atoms with E-state index in [-0.39, 0.29) is 11.8 Å². The van der Waals surface area contributed by atoms with Crippen LogP contribution in [-0.2, 0) is 4.79 Å². The molecular formula is C17H14N6O2. The topological polar surface area (TPSA) is 116 Å². The van der Waals surface area contributed by atoms with Gasteiger partial charge in [-0.2, -0.15) is 10.2 Å². The second-order valence-corrected chi connectivity index (χ2v) is 5.60. The van der Waals surface area contributed by atoms with Gasteiger partial charge < -0.3 is 10.6 Å². The second-order valence-electron chi connectivity index (χ2n) is 5.60. The molecule has 4 rings (SSSR count). The van der Waals surface area contributed by atoms with Crippen LogP contribution in [0.3, 0.4) is 0 Å². The first-order valence-corrected chi connectivity index (χ1v) is 7.61. The molecule has 124 valence electrons. The molecule has 4 N–H and O–H groups in total. The van der Waals surface area contributed by atoms with Gasteiger partial charge in [0.2, 0.25) is 5.91 Å². The average molecular weight is 334 g/mol. The zero-order chi connectivity index (χ0) is 17.4. The van der Waals surface area contributed by atoms with E-state index in [0.717, 1.165) is 16.3 Å². The van der Waals surface area contributed by atoms with Gasteiger partial charge in [0.25, 0.3) is 5.91 Å². The van der Waals surface area contributed by atoms with Gasteiger partial charge in [-0.25, -0.2) is 0 Å². The third-order valence-corrected chi connectivity index (χ3v) is 3.83. The Balaban J connectivity index is 1.60. The maximum Gasteiger partial charge on any atom is 0.274 e. The van der Waals surface area contributed by atoms with Crippen molar-refractivity contribution >= 4 is 45.0 Å². The molecular weight excluding hydrogens is 320 g/mol. The van der Waals surface area contributed by atoms with Crippen molar-refractivity contribution in [3.63, 3.8) is 0 Å². The molecule has 2 aromatic heterocycles. The number of hydrogen-bond donors (Lipinski definition) is 4. The molecule has 0 bridgehead atoms. The van der Waals surface area contributed by atoms with E-state index in [4.69, 9.17) is 0 Å². The van der Waals surface area contributed by atoms with Crippen molar-refractivity contribution in [3.05, 3.63) is 48.3 Å². The van der Waals surface area contributed by atoms with Crippen LogP contribution in [0.2, 0.25) is 0 Å². The highest BCUT2D eigenvalue weighted by Gasteiger charge is 2.16. The van der Waals surface area contributed by atoms with Gasteiger partial charge in [-0.05, 0) is 36.4 Å². The van der Waals surface area contributed by atoms with Crippen LogP contribution in [-0.4, -0.2) is 32.2 Å². The summed E-state index contributed by atoms with van der Waals surface area (Å²) in [6.45, 7) is 1.44. The number of nitrogens with zero attached hydrogens (tertiary/aromatic N) is 2. The van der Waals surface area contributed by atoms with Crippen LogP contribution in [0.25, 0.3) is 21.8 Å². The van der Waals surface area contributed by atoms with Gasteiger partial charge in [0.05, 0.1) is 11.7 Å². The minimum Gasteiger partial charge on any atom is -0.326 e. The fraction of sp³-hybridized carbons (Fsp3) is 0.0588. The molecule has 2 aromatic carbocycles. The number of rotatable bonds is 3. The molecule has 0 aliphatic carbocycles. The number of anilines is 2. The number of H-pyrrole nitrogens is 2. The molecule has 0 atom stereocenters. The maximum absolute atomic E-state index is 12.6. The average Bonchev–Trinajstić information content (AvgIpc) is 3.21. The molecule has 0 unspecified atom stereocenters. The second kappa shape index (κ2) is 5.75. The van der Waals surface area contributed by atoms with Gasteiger partial charge in [0.1, 0.15) is 11.2 Å². The summed E-state index contributed by atoms with van der Waals surface area (Å²) in [5.74, 6) is -0.441. The highest BCUT2D eigenvalue weighted by Crippen LogP contribution is 2.25. The molecule has 8 nitrogen and oxygen atoms in total. The summed E-state index contributed by atoms with van der Waals surface area (Å²) in [6, 6.07) is 10.6. The van der Waals surface area contributed by atoms with E-state index in [0.29, 0.717) is 22.6 Å². The number of benzene rings is 2. The largest absolute Gasteiger partial charge is 0.326 e. The van der Waals surface area contributed by atoms with Crippen LogP contribution in [0.5, 0.6) is 0 Å². The van der Waals surface area contributed by atoms with Crippen LogP contribution >= 0.6 is 0 Å². The van der Waals surface area contributed by atoms with Gasteiger partial charge in [-0.15, -0.1) is 0 Å². The van der Waals surface area contributed by atoms with Crippen molar-refractivity contribution < 1.29 is 9.59 Å². The van der Waals surface area contributed by atoms with E-state index in [1.54, 1.807) is 30.5 Å². The number of carbonyl (C=O) groups is 2.